The van der Waals surface area contributed by atoms with Gasteiger partial charge >= 0.3 is 0 Å². The fraction of sp³-hybridized carbons (Fsp3) is 0.125. The van der Waals surface area contributed by atoms with Crippen LogP contribution in [0.15, 0.2) is 82.7 Å². The lowest BCUT2D eigenvalue weighted by Crippen LogP contribution is -2.35. The minimum Gasteiger partial charge on any atom is -0.460 e. The van der Waals surface area contributed by atoms with Gasteiger partial charge in [0, 0.05) is 21.1 Å². The summed E-state index contributed by atoms with van der Waals surface area (Å²) in [6, 6.07) is 23.0. The highest BCUT2D eigenvalue weighted by Crippen LogP contribution is 2.46. The first-order chi connectivity index (χ1) is 15.4. The lowest BCUT2D eigenvalue weighted by molar-refractivity contribution is 0.279. The highest BCUT2D eigenvalue weighted by Gasteiger charge is 2.38. The molecule has 1 aliphatic heterocycles. The van der Waals surface area contributed by atoms with Crippen molar-refractivity contribution in [2.24, 2.45) is 4.99 Å². The number of alkyl halides is 2. The molecule has 0 spiro atoms. The van der Waals surface area contributed by atoms with Crippen molar-refractivity contribution < 1.29 is 4.74 Å². The lowest BCUT2D eigenvalue weighted by Gasteiger charge is -2.30. The molecule has 1 heterocycles. The molecule has 0 aromatic heterocycles. The van der Waals surface area contributed by atoms with Crippen LogP contribution in [0, 0.1) is 0 Å². The Morgan fingerprint density at radius 3 is 2.34 bits per heavy atom. The van der Waals surface area contributed by atoms with Crippen LogP contribution < -0.4 is 5.32 Å². The zero-order valence-electron chi connectivity index (χ0n) is 16.9. The van der Waals surface area contributed by atoms with Crippen LogP contribution in [0.5, 0.6) is 0 Å². The molecule has 0 radical (unpaired) electrons. The molecule has 0 unspecified atom stereocenters. The van der Waals surface area contributed by atoms with Crippen LogP contribution in [0.1, 0.15) is 16.7 Å². The molecule has 8 heteroatoms. The van der Waals surface area contributed by atoms with Crippen LogP contribution in [0.2, 0.25) is 10.0 Å². The molecule has 3 aromatic carbocycles. The summed E-state index contributed by atoms with van der Waals surface area (Å²) in [7, 11) is 0. The highest BCUT2D eigenvalue weighted by atomic mass is 35.5. The number of amidine groups is 1. The minimum atomic E-state index is -1.61. The monoisotopic (exact) mass is 522 g/mol. The average molecular weight is 524 g/mol. The van der Waals surface area contributed by atoms with E-state index in [1.54, 1.807) is 23.9 Å². The van der Waals surface area contributed by atoms with Crippen molar-refractivity contribution in [1.82, 2.24) is 5.32 Å². The summed E-state index contributed by atoms with van der Waals surface area (Å²) >= 11 is 27.9. The van der Waals surface area contributed by atoms with E-state index < -0.39 is 4.46 Å². The summed E-state index contributed by atoms with van der Waals surface area (Å²) < 4.78 is 4.30. The summed E-state index contributed by atoms with van der Waals surface area (Å²) in [6.07, 6.45) is 1.99. The average Bonchev–Trinajstić information content (AvgIpc) is 2.78. The van der Waals surface area contributed by atoms with E-state index in [1.807, 2.05) is 66.9 Å². The van der Waals surface area contributed by atoms with E-state index in [-0.39, 0.29) is 6.02 Å². The van der Waals surface area contributed by atoms with Crippen molar-refractivity contribution in [3.05, 3.63) is 99.5 Å². The van der Waals surface area contributed by atoms with Crippen LogP contribution in [0.25, 0.3) is 11.3 Å². The Balaban J connectivity index is 1.77. The van der Waals surface area contributed by atoms with Gasteiger partial charge < -0.3 is 10.1 Å². The van der Waals surface area contributed by atoms with Crippen LogP contribution in [-0.2, 0) is 11.3 Å². The molecular weight excluding hydrogens is 506 g/mol. The molecule has 4 rings (SSSR count). The third-order valence-electron chi connectivity index (χ3n) is 4.82. The number of rotatable bonds is 5. The van der Waals surface area contributed by atoms with Gasteiger partial charge in [-0.1, -0.05) is 94.9 Å². The first-order valence-electron chi connectivity index (χ1n) is 9.63. The van der Waals surface area contributed by atoms with Gasteiger partial charge in [-0.15, -0.1) is 11.8 Å². The number of nitrogens with zero attached hydrogens (tertiary/aromatic N) is 1. The molecule has 0 amide bonds. The maximum atomic E-state index is 6.76. The smallest absolute Gasteiger partial charge is 0.292 e. The second-order valence-electron chi connectivity index (χ2n) is 6.96. The van der Waals surface area contributed by atoms with Crippen LogP contribution >= 0.6 is 58.2 Å². The molecule has 32 heavy (non-hydrogen) atoms. The molecule has 0 saturated carbocycles. The Kier molecular flexibility index (Phi) is 7.28. The van der Waals surface area contributed by atoms with Gasteiger partial charge in [0.05, 0.1) is 10.7 Å². The molecule has 0 atom stereocenters. The lowest BCUT2D eigenvalue weighted by atomic mass is 9.98. The fourth-order valence-electron chi connectivity index (χ4n) is 3.29. The van der Waals surface area contributed by atoms with Gasteiger partial charge in [-0.2, -0.15) is 4.99 Å². The van der Waals surface area contributed by atoms with E-state index in [0.717, 1.165) is 21.6 Å². The number of aliphatic imine (C=N–C) groups is 1. The Morgan fingerprint density at radius 2 is 1.69 bits per heavy atom. The van der Waals surface area contributed by atoms with E-state index in [9.17, 15) is 0 Å². The van der Waals surface area contributed by atoms with Gasteiger partial charge in [-0.25, -0.2) is 0 Å². The maximum absolute atomic E-state index is 6.76. The molecule has 0 saturated heterocycles. The minimum absolute atomic E-state index is 0.205. The normalized spacial score (nSPS) is 15.2. The van der Waals surface area contributed by atoms with E-state index in [4.69, 9.17) is 51.1 Å². The van der Waals surface area contributed by atoms with Gasteiger partial charge in [-0.3, -0.25) is 0 Å². The van der Waals surface area contributed by atoms with Crippen molar-refractivity contribution in [3.63, 3.8) is 0 Å². The van der Waals surface area contributed by atoms with E-state index in [0.29, 0.717) is 27.9 Å². The Labute approximate surface area is 211 Å². The molecular formula is C24H18Cl4N2OS. The molecule has 0 bridgehead atoms. The predicted molar refractivity (Wildman–Crippen MR) is 138 cm³/mol. The second kappa shape index (κ2) is 9.98. The van der Waals surface area contributed by atoms with Crippen molar-refractivity contribution in [2.45, 2.75) is 16.0 Å². The summed E-state index contributed by atoms with van der Waals surface area (Å²) in [5, 5.41) is 4.41. The number of hydrogen-bond acceptors (Lipinski definition) is 4. The first kappa shape index (κ1) is 23.3. The Bertz CT molecular complexity index is 1180. The third-order valence-corrected chi connectivity index (χ3v) is 6.66. The van der Waals surface area contributed by atoms with Gasteiger partial charge in [0.1, 0.15) is 6.61 Å². The van der Waals surface area contributed by atoms with E-state index in [1.165, 1.54) is 0 Å². The molecule has 3 aromatic rings. The van der Waals surface area contributed by atoms with Crippen molar-refractivity contribution >= 4 is 75.5 Å². The number of nitrogens with one attached hydrogen (secondary N) is 1. The highest BCUT2D eigenvalue weighted by molar-refractivity contribution is 7.98. The molecule has 3 nitrogen and oxygen atoms in total. The zero-order chi connectivity index (χ0) is 22.7. The molecule has 1 N–H and O–H groups in total. The fourth-order valence-corrected chi connectivity index (χ4v) is 4.75. The van der Waals surface area contributed by atoms with Crippen LogP contribution in [0.3, 0.4) is 0 Å². The SMILES string of the molecule is CSc1ccc(C2=C(c3ccc(Cl)cc3)C(Cl)(Cl)N=C(OCc3ccccc3)N2)c(Cl)c1. The van der Waals surface area contributed by atoms with Gasteiger partial charge in [0.25, 0.3) is 6.02 Å². The number of thioether (sulfide) groups is 1. The number of halogens is 4. The molecule has 0 aliphatic carbocycles. The van der Waals surface area contributed by atoms with Crippen LogP contribution in [-0.4, -0.2) is 16.7 Å². The quantitative estimate of drug-likeness (QED) is 0.209. The molecule has 164 valence electrons. The Morgan fingerprint density at radius 1 is 0.969 bits per heavy atom. The van der Waals surface area contributed by atoms with Crippen molar-refractivity contribution in [2.75, 3.05) is 6.26 Å². The summed E-state index contributed by atoms with van der Waals surface area (Å²) in [5.41, 5.74) is 3.66. The molecule has 1 aliphatic rings. The summed E-state index contributed by atoms with van der Waals surface area (Å²) in [5.74, 6) is 0. The maximum Gasteiger partial charge on any atom is 0.292 e. The van der Waals surface area contributed by atoms with Gasteiger partial charge in [-0.05, 0) is 41.6 Å². The van der Waals surface area contributed by atoms with Crippen LogP contribution in [0.4, 0.5) is 0 Å². The van der Waals surface area contributed by atoms with Gasteiger partial charge in [0.15, 0.2) is 0 Å². The standard InChI is InChI=1S/C24H18Cl4N2OS/c1-32-18-11-12-19(20(26)13-18)22-21(16-7-9-17(25)10-8-16)24(27,28)30-23(29-22)31-14-15-5-3-2-4-6-15/h2-13H,14H2,1H3,(H,29,30). The summed E-state index contributed by atoms with van der Waals surface area (Å²) in [4.78, 5) is 5.47. The summed E-state index contributed by atoms with van der Waals surface area (Å²) in [6.45, 7) is 0.305. The Hall–Kier alpha value is -1.82. The third kappa shape index (κ3) is 5.22. The largest absolute Gasteiger partial charge is 0.460 e. The number of benzene rings is 3. The number of hydrogen-bond donors (Lipinski definition) is 1. The predicted octanol–water partition coefficient (Wildman–Crippen LogP) is 7.89. The topological polar surface area (TPSA) is 33.6 Å². The second-order valence-corrected chi connectivity index (χ2v) is 9.97. The van der Waals surface area contributed by atoms with Gasteiger partial charge in [0.2, 0.25) is 4.46 Å². The number of ether oxygens (including phenoxy) is 1. The van der Waals surface area contributed by atoms with E-state index >= 15 is 0 Å². The van der Waals surface area contributed by atoms with E-state index in [2.05, 4.69) is 10.3 Å². The van der Waals surface area contributed by atoms with Crippen molar-refractivity contribution in [3.8, 4) is 0 Å². The molecule has 0 fully saturated rings. The van der Waals surface area contributed by atoms with Crippen molar-refractivity contribution in [1.29, 1.82) is 0 Å². The first-order valence-corrected chi connectivity index (χ1v) is 12.4. The zero-order valence-corrected chi connectivity index (χ0v) is 20.8.